The number of halogens is 2. The van der Waals surface area contributed by atoms with E-state index in [2.05, 4.69) is 15.9 Å². The van der Waals surface area contributed by atoms with Crippen molar-refractivity contribution in [3.8, 4) is 11.5 Å². The van der Waals surface area contributed by atoms with Gasteiger partial charge in [-0.1, -0.05) is 22.9 Å². The molecular formula is C11H14BrFO2. The van der Waals surface area contributed by atoms with E-state index in [1.165, 1.54) is 20.3 Å². The molecule has 1 unspecified atom stereocenters. The maximum Gasteiger partial charge on any atom is 0.163 e. The van der Waals surface area contributed by atoms with Gasteiger partial charge in [-0.3, -0.25) is 0 Å². The third-order valence-corrected chi connectivity index (χ3v) is 3.34. The van der Waals surface area contributed by atoms with Crippen molar-refractivity contribution < 1.29 is 13.9 Å². The molecule has 84 valence electrons. The zero-order chi connectivity index (χ0) is 11.4. The quantitative estimate of drug-likeness (QED) is 0.781. The summed E-state index contributed by atoms with van der Waals surface area (Å²) in [4.78, 5) is -0.00249. The van der Waals surface area contributed by atoms with E-state index in [-0.39, 0.29) is 10.6 Å². The van der Waals surface area contributed by atoms with E-state index in [1.807, 2.05) is 6.92 Å². The number of methoxy groups -OCH3 is 2. The monoisotopic (exact) mass is 276 g/mol. The molecule has 0 radical (unpaired) electrons. The van der Waals surface area contributed by atoms with Crippen LogP contribution in [0, 0.1) is 5.82 Å². The molecule has 0 aromatic heterocycles. The largest absolute Gasteiger partial charge is 0.493 e. The van der Waals surface area contributed by atoms with Crippen molar-refractivity contribution in [2.24, 2.45) is 0 Å². The van der Waals surface area contributed by atoms with Gasteiger partial charge in [0.15, 0.2) is 11.5 Å². The molecule has 0 bridgehead atoms. The fourth-order valence-electron chi connectivity index (χ4n) is 1.33. The van der Waals surface area contributed by atoms with Crippen molar-refractivity contribution in [3.05, 3.63) is 23.5 Å². The summed E-state index contributed by atoms with van der Waals surface area (Å²) in [6, 6.07) is 3.01. The minimum absolute atomic E-state index is 0.00249. The first kappa shape index (κ1) is 12.3. The Hall–Kier alpha value is -0.770. The summed E-state index contributed by atoms with van der Waals surface area (Å²) in [5.74, 6) is 0.678. The van der Waals surface area contributed by atoms with Crippen LogP contribution >= 0.6 is 15.9 Å². The van der Waals surface area contributed by atoms with E-state index in [9.17, 15) is 4.39 Å². The lowest BCUT2D eigenvalue weighted by Gasteiger charge is -2.13. The molecule has 0 aliphatic carbocycles. The van der Waals surface area contributed by atoms with E-state index >= 15 is 0 Å². The van der Waals surface area contributed by atoms with E-state index in [0.29, 0.717) is 17.1 Å². The lowest BCUT2D eigenvalue weighted by Crippen LogP contribution is -1.98. The summed E-state index contributed by atoms with van der Waals surface area (Å²) in [5.41, 5.74) is 0.593. The molecule has 1 aromatic carbocycles. The third-order valence-electron chi connectivity index (χ3n) is 2.20. The highest BCUT2D eigenvalue weighted by Gasteiger charge is 2.15. The molecule has 15 heavy (non-hydrogen) atoms. The summed E-state index contributed by atoms with van der Waals surface area (Å²) in [5, 5.41) is 0. The number of hydrogen-bond acceptors (Lipinski definition) is 2. The third kappa shape index (κ3) is 2.62. The van der Waals surface area contributed by atoms with Gasteiger partial charge in [-0.15, -0.1) is 0 Å². The van der Waals surface area contributed by atoms with Crippen molar-refractivity contribution in [1.29, 1.82) is 0 Å². The fraction of sp³-hybridized carbons (Fsp3) is 0.455. The van der Waals surface area contributed by atoms with Crippen molar-refractivity contribution in [3.63, 3.8) is 0 Å². The molecular weight excluding hydrogens is 263 g/mol. The Balaban J connectivity index is 3.19. The first-order valence-corrected chi connectivity index (χ1v) is 5.61. The zero-order valence-corrected chi connectivity index (χ0v) is 10.6. The Morgan fingerprint density at radius 3 is 2.27 bits per heavy atom. The number of ether oxygens (including phenoxy) is 2. The molecule has 0 fully saturated rings. The van der Waals surface area contributed by atoms with Crippen LogP contribution in [0.15, 0.2) is 12.1 Å². The zero-order valence-electron chi connectivity index (χ0n) is 9.01. The van der Waals surface area contributed by atoms with Crippen molar-refractivity contribution in [2.75, 3.05) is 14.2 Å². The van der Waals surface area contributed by atoms with Crippen LogP contribution in [0.5, 0.6) is 11.5 Å². The average Bonchev–Trinajstić information content (AvgIpc) is 2.27. The molecule has 0 aliphatic rings. The minimum Gasteiger partial charge on any atom is -0.493 e. The molecule has 1 rings (SSSR count). The van der Waals surface area contributed by atoms with Gasteiger partial charge in [0.1, 0.15) is 5.82 Å². The van der Waals surface area contributed by atoms with Crippen LogP contribution < -0.4 is 9.47 Å². The van der Waals surface area contributed by atoms with Crippen LogP contribution in [0.4, 0.5) is 4.39 Å². The molecule has 0 saturated heterocycles. The van der Waals surface area contributed by atoms with Gasteiger partial charge in [0.2, 0.25) is 0 Å². The molecule has 0 N–H and O–H groups in total. The molecule has 0 spiro atoms. The predicted molar refractivity (Wildman–Crippen MR) is 61.5 cm³/mol. The van der Waals surface area contributed by atoms with Crippen LogP contribution in [0.1, 0.15) is 23.7 Å². The molecule has 1 aromatic rings. The maximum absolute atomic E-state index is 13.6. The highest BCUT2D eigenvalue weighted by Crippen LogP contribution is 2.36. The SMILES string of the molecule is CCC(Br)c1cc(OC)c(OC)cc1F. The molecule has 0 saturated carbocycles. The van der Waals surface area contributed by atoms with Gasteiger partial charge in [-0.25, -0.2) is 4.39 Å². The number of alkyl halides is 1. The number of rotatable bonds is 4. The van der Waals surface area contributed by atoms with E-state index in [0.717, 1.165) is 6.42 Å². The van der Waals surface area contributed by atoms with Crippen LogP contribution in [-0.4, -0.2) is 14.2 Å². The van der Waals surface area contributed by atoms with E-state index in [1.54, 1.807) is 6.07 Å². The molecule has 0 amide bonds. The first-order chi connectivity index (χ1) is 7.13. The van der Waals surface area contributed by atoms with Gasteiger partial charge in [0, 0.05) is 16.5 Å². The van der Waals surface area contributed by atoms with Gasteiger partial charge >= 0.3 is 0 Å². The summed E-state index contributed by atoms with van der Waals surface area (Å²) in [6.07, 6.45) is 0.812. The number of benzene rings is 1. The summed E-state index contributed by atoms with van der Waals surface area (Å²) in [7, 11) is 3.02. The second kappa shape index (κ2) is 5.35. The Bertz CT molecular complexity index is 342. The van der Waals surface area contributed by atoms with Crippen LogP contribution in [0.2, 0.25) is 0 Å². The highest BCUT2D eigenvalue weighted by molar-refractivity contribution is 9.09. The van der Waals surface area contributed by atoms with Crippen LogP contribution in [-0.2, 0) is 0 Å². The summed E-state index contributed by atoms with van der Waals surface area (Å²) >= 11 is 3.41. The van der Waals surface area contributed by atoms with E-state index < -0.39 is 0 Å². The lowest BCUT2D eigenvalue weighted by atomic mass is 10.1. The van der Waals surface area contributed by atoms with Crippen LogP contribution in [0.3, 0.4) is 0 Å². The Kier molecular flexibility index (Phi) is 4.39. The minimum atomic E-state index is -0.281. The summed E-state index contributed by atoms with van der Waals surface area (Å²) in [6.45, 7) is 1.98. The smallest absolute Gasteiger partial charge is 0.163 e. The van der Waals surface area contributed by atoms with Gasteiger partial charge in [0.05, 0.1) is 14.2 Å². The van der Waals surface area contributed by atoms with Crippen molar-refractivity contribution in [2.45, 2.75) is 18.2 Å². The highest BCUT2D eigenvalue weighted by atomic mass is 79.9. The average molecular weight is 277 g/mol. The van der Waals surface area contributed by atoms with E-state index in [4.69, 9.17) is 9.47 Å². The second-order valence-corrected chi connectivity index (χ2v) is 4.21. The van der Waals surface area contributed by atoms with Gasteiger partial charge < -0.3 is 9.47 Å². The van der Waals surface area contributed by atoms with Gasteiger partial charge in [-0.2, -0.15) is 0 Å². The first-order valence-electron chi connectivity index (χ1n) is 4.69. The summed E-state index contributed by atoms with van der Waals surface area (Å²) < 4.78 is 23.7. The Labute approximate surface area is 97.5 Å². The molecule has 2 nitrogen and oxygen atoms in total. The molecule has 0 heterocycles. The fourth-order valence-corrected chi connectivity index (χ4v) is 1.68. The second-order valence-electron chi connectivity index (χ2n) is 3.10. The standard InChI is InChI=1S/C11H14BrFO2/c1-4-8(12)7-5-10(14-2)11(15-3)6-9(7)13/h5-6,8H,4H2,1-3H3. The van der Waals surface area contributed by atoms with Gasteiger partial charge in [-0.05, 0) is 12.5 Å². The Morgan fingerprint density at radius 2 is 1.80 bits per heavy atom. The predicted octanol–water partition coefficient (Wildman–Crippen LogP) is 3.69. The molecule has 4 heteroatoms. The van der Waals surface area contributed by atoms with Gasteiger partial charge in [0.25, 0.3) is 0 Å². The molecule has 1 atom stereocenters. The molecule has 0 aliphatic heterocycles. The number of hydrogen-bond donors (Lipinski definition) is 0. The maximum atomic E-state index is 13.6. The van der Waals surface area contributed by atoms with Crippen LogP contribution in [0.25, 0.3) is 0 Å². The normalized spacial score (nSPS) is 12.3. The topological polar surface area (TPSA) is 18.5 Å². The van der Waals surface area contributed by atoms with Crippen molar-refractivity contribution in [1.82, 2.24) is 0 Å². The lowest BCUT2D eigenvalue weighted by molar-refractivity contribution is 0.351. The van der Waals surface area contributed by atoms with Crippen molar-refractivity contribution >= 4 is 15.9 Å². The Morgan fingerprint density at radius 1 is 1.27 bits per heavy atom.